The van der Waals surface area contributed by atoms with E-state index in [2.05, 4.69) is 15.8 Å². The van der Waals surface area contributed by atoms with E-state index in [1.807, 2.05) is 43.3 Å². The minimum Gasteiger partial charge on any atom is -0.460 e. The molecule has 1 amide bonds. The van der Waals surface area contributed by atoms with Crippen molar-refractivity contribution in [2.75, 3.05) is 11.9 Å². The number of hydrazone groups is 1. The number of rotatable bonds is 5. The summed E-state index contributed by atoms with van der Waals surface area (Å²) >= 11 is 0. The average molecular weight is 257 g/mol. The minimum atomic E-state index is -0.219. The van der Waals surface area contributed by atoms with Crippen LogP contribution in [0, 0.1) is 6.92 Å². The van der Waals surface area contributed by atoms with Crippen molar-refractivity contribution in [3.8, 4) is 0 Å². The molecule has 0 unspecified atom stereocenters. The smallest absolute Gasteiger partial charge is 0.259 e. The Labute approximate surface area is 111 Å². The van der Waals surface area contributed by atoms with Crippen LogP contribution >= 0.6 is 0 Å². The van der Waals surface area contributed by atoms with E-state index in [0.717, 1.165) is 11.4 Å². The molecule has 98 valence electrons. The van der Waals surface area contributed by atoms with Crippen molar-refractivity contribution in [3.05, 3.63) is 54.0 Å². The molecule has 2 N–H and O–H groups in total. The molecule has 0 aliphatic carbocycles. The molecule has 0 bridgehead atoms. The zero-order valence-electron chi connectivity index (χ0n) is 10.6. The number of para-hydroxylation sites is 1. The van der Waals surface area contributed by atoms with Crippen LogP contribution in [0.2, 0.25) is 0 Å². The Morgan fingerprint density at radius 2 is 2.05 bits per heavy atom. The highest BCUT2D eigenvalue weighted by atomic mass is 16.3. The fraction of sp³-hybridized carbons (Fsp3) is 0.143. The quantitative estimate of drug-likeness (QED) is 0.637. The van der Waals surface area contributed by atoms with Gasteiger partial charge in [0.15, 0.2) is 0 Å². The monoisotopic (exact) mass is 257 g/mol. The van der Waals surface area contributed by atoms with Crippen molar-refractivity contribution < 1.29 is 9.21 Å². The molecule has 0 saturated heterocycles. The molecule has 0 spiro atoms. The van der Waals surface area contributed by atoms with Crippen molar-refractivity contribution in [2.45, 2.75) is 6.92 Å². The maximum absolute atomic E-state index is 11.5. The van der Waals surface area contributed by atoms with Crippen molar-refractivity contribution in [1.82, 2.24) is 5.43 Å². The second-order valence-electron chi connectivity index (χ2n) is 3.96. The van der Waals surface area contributed by atoms with Gasteiger partial charge in [0.1, 0.15) is 11.5 Å². The molecule has 1 aromatic carbocycles. The van der Waals surface area contributed by atoms with Crippen LogP contribution in [-0.2, 0) is 4.79 Å². The van der Waals surface area contributed by atoms with Crippen molar-refractivity contribution in [2.24, 2.45) is 5.10 Å². The van der Waals surface area contributed by atoms with Gasteiger partial charge in [0.25, 0.3) is 5.91 Å². The Morgan fingerprint density at radius 1 is 1.26 bits per heavy atom. The number of amides is 1. The van der Waals surface area contributed by atoms with E-state index in [4.69, 9.17) is 4.42 Å². The van der Waals surface area contributed by atoms with Crippen LogP contribution in [-0.4, -0.2) is 18.7 Å². The molecule has 19 heavy (non-hydrogen) atoms. The van der Waals surface area contributed by atoms with Crippen molar-refractivity contribution >= 4 is 17.8 Å². The summed E-state index contributed by atoms with van der Waals surface area (Å²) < 4.78 is 5.28. The highest BCUT2D eigenvalue weighted by molar-refractivity contribution is 5.83. The molecule has 1 aromatic heterocycles. The summed E-state index contributed by atoms with van der Waals surface area (Å²) in [7, 11) is 0. The van der Waals surface area contributed by atoms with E-state index in [9.17, 15) is 4.79 Å². The van der Waals surface area contributed by atoms with Gasteiger partial charge >= 0.3 is 0 Å². The molecule has 5 heteroatoms. The van der Waals surface area contributed by atoms with Gasteiger partial charge in [-0.15, -0.1) is 0 Å². The van der Waals surface area contributed by atoms with E-state index in [0.29, 0.717) is 5.76 Å². The van der Waals surface area contributed by atoms with Gasteiger partial charge in [0.2, 0.25) is 0 Å². The number of nitrogens with zero attached hydrogens (tertiary/aromatic N) is 1. The summed E-state index contributed by atoms with van der Waals surface area (Å²) in [5, 5.41) is 6.80. The Balaban J connectivity index is 1.74. The molecule has 5 nitrogen and oxygen atoms in total. The first-order valence-corrected chi connectivity index (χ1v) is 5.91. The summed E-state index contributed by atoms with van der Waals surface area (Å²) in [6.45, 7) is 2.01. The topological polar surface area (TPSA) is 66.6 Å². The van der Waals surface area contributed by atoms with Crippen LogP contribution in [0.5, 0.6) is 0 Å². The predicted octanol–water partition coefficient (Wildman–Crippen LogP) is 2.15. The lowest BCUT2D eigenvalue weighted by Gasteiger charge is -2.04. The first-order valence-electron chi connectivity index (χ1n) is 5.91. The number of hydrogen-bond donors (Lipinski definition) is 2. The third-order valence-electron chi connectivity index (χ3n) is 2.37. The number of carbonyl (C=O) groups is 1. The number of hydrogen-bond acceptors (Lipinski definition) is 4. The Bertz CT molecular complexity index is 561. The standard InChI is InChI=1S/C14H15N3O2/c1-11-7-8-13(19-11)9-16-17-14(18)10-15-12-5-3-2-4-6-12/h2-9,15H,10H2,1H3,(H,17,18)/b16-9+. The lowest BCUT2D eigenvalue weighted by atomic mass is 10.3. The Hall–Kier alpha value is -2.56. The van der Waals surface area contributed by atoms with Crippen LogP contribution in [0.4, 0.5) is 5.69 Å². The van der Waals surface area contributed by atoms with E-state index < -0.39 is 0 Å². The number of carbonyl (C=O) groups excluding carboxylic acids is 1. The number of aryl methyl sites for hydroxylation is 1. The van der Waals surface area contributed by atoms with Gasteiger partial charge in [-0.2, -0.15) is 5.10 Å². The molecule has 1 heterocycles. The van der Waals surface area contributed by atoms with Gasteiger partial charge in [-0.05, 0) is 31.2 Å². The zero-order valence-corrected chi connectivity index (χ0v) is 10.6. The normalized spacial score (nSPS) is 10.6. The fourth-order valence-electron chi connectivity index (χ4n) is 1.47. The first-order chi connectivity index (χ1) is 9.24. The summed E-state index contributed by atoms with van der Waals surface area (Å²) in [5.41, 5.74) is 3.31. The highest BCUT2D eigenvalue weighted by Crippen LogP contribution is 2.04. The molecule has 0 aliphatic rings. The predicted molar refractivity (Wildman–Crippen MR) is 74.1 cm³/mol. The number of nitrogens with one attached hydrogen (secondary N) is 2. The molecule has 0 aliphatic heterocycles. The maximum Gasteiger partial charge on any atom is 0.259 e. The lowest BCUT2D eigenvalue weighted by molar-refractivity contribution is -0.119. The van der Waals surface area contributed by atoms with E-state index in [1.54, 1.807) is 6.07 Å². The van der Waals surface area contributed by atoms with Gasteiger partial charge in [-0.1, -0.05) is 18.2 Å². The lowest BCUT2D eigenvalue weighted by Crippen LogP contribution is -2.25. The van der Waals surface area contributed by atoms with E-state index >= 15 is 0 Å². The molecule has 2 aromatic rings. The Morgan fingerprint density at radius 3 is 2.74 bits per heavy atom. The summed E-state index contributed by atoms with van der Waals surface area (Å²) in [6.07, 6.45) is 1.47. The van der Waals surface area contributed by atoms with Crippen LogP contribution in [0.25, 0.3) is 0 Å². The van der Waals surface area contributed by atoms with Crippen LogP contribution in [0.1, 0.15) is 11.5 Å². The number of benzene rings is 1. The largest absolute Gasteiger partial charge is 0.460 e. The molecule has 0 saturated carbocycles. The third-order valence-corrected chi connectivity index (χ3v) is 2.37. The Kier molecular flexibility index (Phi) is 4.34. The SMILES string of the molecule is Cc1ccc(/C=N/NC(=O)CNc2ccccc2)o1. The molecular formula is C14H15N3O2. The number of furan rings is 1. The third kappa shape index (κ3) is 4.31. The second-order valence-corrected chi connectivity index (χ2v) is 3.96. The van der Waals surface area contributed by atoms with Crippen molar-refractivity contribution in [3.63, 3.8) is 0 Å². The molecule has 2 rings (SSSR count). The molecule has 0 fully saturated rings. The summed E-state index contributed by atoms with van der Waals surface area (Å²) in [4.78, 5) is 11.5. The molecule has 0 atom stereocenters. The fourth-order valence-corrected chi connectivity index (χ4v) is 1.47. The zero-order chi connectivity index (χ0) is 13.5. The van der Waals surface area contributed by atoms with Crippen LogP contribution in [0.3, 0.4) is 0 Å². The first kappa shape index (κ1) is 12.9. The highest BCUT2D eigenvalue weighted by Gasteiger charge is 1.99. The minimum absolute atomic E-state index is 0.165. The van der Waals surface area contributed by atoms with Crippen LogP contribution < -0.4 is 10.7 Å². The average Bonchev–Trinajstić information content (AvgIpc) is 2.83. The van der Waals surface area contributed by atoms with Crippen molar-refractivity contribution in [1.29, 1.82) is 0 Å². The van der Waals surface area contributed by atoms with E-state index in [1.165, 1.54) is 6.21 Å². The second kappa shape index (κ2) is 6.39. The van der Waals surface area contributed by atoms with Crippen LogP contribution in [0.15, 0.2) is 52.0 Å². The number of anilines is 1. The summed E-state index contributed by atoms with van der Waals surface area (Å²) in [5.74, 6) is 1.19. The molecule has 0 radical (unpaired) electrons. The van der Waals surface area contributed by atoms with Gasteiger partial charge in [-0.3, -0.25) is 4.79 Å². The van der Waals surface area contributed by atoms with Gasteiger partial charge in [0.05, 0.1) is 12.8 Å². The molecular weight excluding hydrogens is 242 g/mol. The van der Waals surface area contributed by atoms with E-state index in [-0.39, 0.29) is 12.5 Å². The summed E-state index contributed by atoms with van der Waals surface area (Å²) in [6, 6.07) is 13.1. The van der Waals surface area contributed by atoms with Gasteiger partial charge < -0.3 is 9.73 Å². The van der Waals surface area contributed by atoms with Gasteiger partial charge in [0, 0.05) is 5.69 Å². The maximum atomic E-state index is 11.5. The van der Waals surface area contributed by atoms with Gasteiger partial charge in [-0.25, -0.2) is 5.43 Å².